The molecule has 0 saturated heterocycles. The monoisotopic (exact) mass is 437 g/mol. The molecule has 6 nitrogen and oxygen atoms in total. The number of amides is 2. The number of hydrogen-bond acceptors (Lipinski definition) is 5. The lowest BCUT2D eigenvalue weighted by molar-refractivity contribution is -0.142. The zero-order chi connectivity index (χ0) is 21.6. The molecule has 31 heavy (non-hydrogen) atoms. The molecule has 0 radical (unpaired) electrons. The van der Waals surface area contributed by atoms with Crippen molar-refractivity contribution in [2.75, 3.05) is 0 Å². The molecular weight excluding hydrogens is 410 g/mol. The molecule has 3 aromatic heterocycles. The molecule has 1 atom stereocenters. The fraction of sp³-hybridized carbons (Fsp3) is 0.375. The number of pyridine rings is 1. The van der Waals surface area contributed by atoms with Gasteiger partial charge in [-0.05, 0) is 55.0 Å². The van der Waals surface area contributed by atoms with Gasteiger partial charge in [-0.3, -0.25) is 14.6 Å². The Morgan fingerprint density at radius 2 is 2.06 bits per heavy atom. The fourth-order valence-electron chi connectivity index (χ4n) is 4.05. The van der Waals surface area contributed by atoms with Gasteiger partial charge in [-0.15, -0.1) is 11.3 Å². The molecule has 0 aliphatic heterocycles. The molecule has 1 fully saturated rings. The van der Waals surface area contributed by atoms with E-state index in [0.29, 0.717) is 11.5 Å². The Labute approximate surface area is 186 Å². The number of aryl methyl sites for hydroxylation is 1. The molecule has 0 bridgehead atoms. The molecule has 4 rings (SSSR count). The summed E-state index contributed by atoms with van der Waals surface area (Å²) < 4.78 is 5.87. The lowest BCUT2D eigenvalue weighted by Crippen LogP contribution is -2.46. The van der Waals surface area contributed by atoms with Gasteiger partial charge < -0.3 is 14.6 Å². The SMILES string of the molecule is Cc1ccc([C@@H](C(=O)NC2CCCC2)N(Cc2cccnc2)C(=O)Cc2cccs2)o1. The van der Waals surface area contributed by atoms with Crippen LogP contribution in [0.4, 0.5) is 0 Å². The van der Waals surface area contributed by atoms with Crippen LogP contribution in [0.5, 0.6) is 0 Å². The van der Waals surface area contributed by atoms with Crippen molar-refractivity contribution in [1.82, 2.24) is 15.2 Å². The van der Waals surface area contributed by atoms with Crippen LogP contribution in [0.25, 0.3) is 0 Å². The van der Waals surface area contributed by atoms with Crippen molar-refractivity contribution in [2.45, 2.75) is 57.7 Å². The van der Waals surface area contributed by atoms with Crippen LogP contribution in [0.2, 0.25) is 0 Å². The maximum atomic E-state index is 13.5. The highest BCUT2D eigenvalue weighted by Crippen LogP contribution is 2.28. The number of furan rings is 1. The standard InChI is InChI=1S/C24H27N3O3S/c1-17-10-11-21(30-17)23(24(29)26-19-7-2-3-8-19)27(16-18-6-4-12-25-15-18)22(28)14-20-9-5-13-31-20/h4-6,9-13,15,19,23H,2-3,7-8,14,16H2,1H3,(H,26,29)/t23-/m0/s1. The van der Waals surface area contributed by atoms with Crippen LogP contribution in [0, 0.1) is 6.92 Å². The van der Waals surface area contributed by atoms with Crippen LogP contribution < -0.4 is 5.32 Å². The highest BCUT2D eigenvalue weighted by atomic mass is 32.1. The van der Waals surface area contributed by atoms with Gasteiger partial charge in [0.2, 0.25) is 5.91 Å². The Balaban J connectivity index is 1.66. The van der Waals surface area contributed by atoms with Crippen molar-refractivity contribution in [3.05, 3.63) is 76.1 Å². The summed E-state index contributed by atoms with van der Waals surface area (Å²) in [5, 5.41) is 5.11. The summed E-state index contributed by atoms with van der Waals surface area (Å²) in [4.78, 5) is 33.7. The van der Waals surface area contributed by atoms with Gasteiger partial charge in [0.25, 0.3) is 5.91 Å². The number of aromatic nitrogens is 1. The predicted octanol–water partition coefficient (Wildman–Crippen LogP) is 4.42. The maximum absolute atomic E-state index is 13.5. The summed E-state index contributed by atoms with van der Waals surface area (Å²) in [5.41, 5.74) is 0.865. The largest absolute Gasteiger partial charge is 0.464 e. The molecule has 2 amide bonds. The molecule has 3 heterocycles. The Morgan fingerprint density at radius 3 is 2.71 bits per heavy atom. The summed E-state index contributed by atoms with van der Waals surface area (Å²) in [5.74, 6) is 0.883. The second-order valence-corrected chi connectivity index (χ2v) is 9.01. The Morgan fingerprint density at radius 1 is 1.23 bits per heavy atom. The van der Waals surface area contributed by atoms with Crippen molar-refractivity contribution < 1.29 is 14.0 Å². The first-order chi connectivity index (χ1) is 15.1. The van der Waals surface area contributed by atoms with Gasteiger partial charge in [0, 0.05) is 29.9 Å². The van der Waals surface area contributed by atoms with E-state index in [0.717, 1.165) is 36.1 Å². The number of rotatable bonds is 8. The van der Waals surface area contributed by atoms with Gasteiger partial charge in [0.05, 0.1) is 6.42 Å². The first kappa shape index (κ1) is 21.3. The molecule has 0 aromatic carbocycles. The maximum Gasteiger partial charge on any atom is 0.250 e. The summed E-state index contributed by atoms with van der Waals surface area (Å²) >= 11 is 1.54. The number of carbonyl (C=O) groups excluding carboxylic acids is 2. The molecule has 7 heteroatoms. The van der Waals surface area contributed by atoms with Gasteiger partial charge in [0.1, 0.15) is 11.5 Å². The van der Waals surface area contributed by atoms with Crippen LogP contribution in [0.1, 0.15) is 53.7 Å². The van der Waals surface area contributed by atoms with E-state index in [1.165, 1.54) is 11.3 Å². The average Bonchev–Trinajstić information content (AvgIpc) is 3.53. The van der Waals surface area contributed by atoms with E-state index in [1.807, 2.05) is 42.6 Å². The summed E-state index contributed by atoms with van der Waals surface area (Å²) in [6, 6.07) is 10.6. The Bertz CT molecular complexity index is 994. The second-order valence-electron chi connectivity index (χ2n) is 7.98. The second kappa shape index (κ2) is 9.92. The van der Waals surface area contributed by atoms with Crippen LogP contribution in [-0.2, 0) is 22.6 Å². The summed E-state index contributed by atoms with van der Waals surface area (Å²) in [7, 11) is 0. The molecule has 0 spiro atoms. The van der Waals surface area contributed by atoms with E-state index in [-0.39, 0.29) is 30.8 Å². The third kappa shape index (κ3) is 5.41. The summed E-state index contributed by atoms with van der Waals surface area (Å²) in [6.07, 6.45) is 7.85. The summed E-state index contributed by atoms with van der Waals surface area (Å²) in [6.45, 7) is 2.12. The molecule has 1 aliphatic rings. The average molecular weight is 438 g/mol. The normalized spacial score (nSPS) is 15.0. The zero-order valence-corrected chi connectivity index (χ0v) is 18.4. The minimum atomic E-state index is -0.832. The van der Waals surface area contributed by atoms with E-state index >= 15 is 0 Å². The molecule has 1 saturated carbocycles. The van der Waals surface area contributed by atoms with Gasteiger partial charge in [-0.25, -0.2) is 0 Å². The van der Waals surface area contributed by atoms with Crippen molar-refractivity contribution in [3.63, 3.8) is 0 Å². The minimum absolute atomic E-state index is 0.119. The molecule has 162 valence electrons. The number of nitrogens with zero attached hydrogens (tertiary/aromatic N) is 2. The topological polar surface area (TPSA) is 75.4 Å². The number of nitrogens with one attached hydrogen (secondary N) is 1. The van der Waals surface area contributed by atoms with Crippen LogP contribution in [-0.4, -0.2) is 27.7 Å². The molecule has 0 unspecified atom stereocenters. The highest BCUT2D eigenvalue weighted by Gasteiger charge is 2.35. The van der Waals surface area contributed by atoms with Gasteiger partial charge >= 0.3 is 0 Å². The molecule has 1 N–H and O–H groups in total. The third-order valence-corrected chi connectivity index (χ3v) is 6.47. The van der Waals surface area contributed by atoms with Gasteiger partial charge in [-0.2, -0.15) is 0 Å². The van der Waals surface area contributed by atoms with E-state index in [2.05, 4.69) is 10.3 Å². The van der Waals surface area contributed by atoms with Gasteiger partial charge in [0.15, 0.2) is 6.04 Å². The predicted molar refractivity (Wildman–Crippen MR) is 119 cm³/mol. The van der Waals surface area contributed by atoms with Crippen molar-refractivity contribution in [1.29, 1.82) is 0 Å². The third-order valence-electron chi connectivity index (χ3n) is 5.59. The van der Waals surface area contributed by atoms with Crippen LogP contribution >= 0.6 is 11.3 Å². The Hall–Kier alpha value is -2.93. The number of hydrogen-bond donors (Lipinski definition) is 1. The number of thiophene rings is 1. The van der Waals surface area contributed by atoms with Crippen molar-refractivity contribution in [2.24, 2.45) is 0 Å². The quantitative estimate of drug-likeness (QED) is 0.566. The smallest absolute Gasteiger partial charge is 0.250 e. The van der Waals surface area contributed by atoms with Crippen molar-refractivity contribution in [3.8, 4) is 0 Å². The molecule has 1 aliphatic carbocycles. The minimum Gasteiger partial charge on any atom is -0.464 e. The number of carbonyl (C=O) groups is 2. The molecule has 3 aromatic rings. The van der Waals surface area contributed by atoms with E-state index in [4.69, 9.17) is 4.42 Å². The highest BCUT2D eigenvalue weighted by molar-refractivity contribution is 7.10. The van der Waals surface area contributed by atoms with Gasteiger partial charge in [-0.1, -0.05) is 25.0 Å². The van der Waals surface area contributed by atoms with Crippen LogP contribution in [0.15, 0.2) is 58.6 Å². The fourth-order valence-corrected chi connectivity index (χ4v) is 4.75. The zero-order valence-electron chi connectivity index (χ0n) is 17.6. The van der Waals surface area contributed by atoms with E-state index in [1.54, 1.807) is 23.4 Å². The van der Waals surface area contributed by atoms with E-state index < -0.39 is 6.04 Å². The van der Waals surface area contributed by atoms with Crippen LogP contribution in [0.3, 0.4) is 0 Å². The van der Waals surface area contributed by atoms with E-state index in [9.17, 15) is 9.59 Å². The molecular formula is C24H27N3O3S. The lowest BCUT2D eigenvalue weighted by Gasteiger charge is -2.31. The Kier molecular flexibility index (Phi) is 6.82. The first-order valence-corrected chi connectivity index (χ1v) is 11.6. The first-order valence-electron chi connectivity index (χ1n) is 10.7. The van der Waals surface area contributed by atoms with Crippen molar-refractivity contribution >= 4 is 23.2 Å². The lowest BCUT2D eigenvalue weighted by atomic mass is 10.1.